The molecular formula is C10H6N2O2. The summed E-state index contributed by atoms with van der Waals surface area (Å²) in [6, 6.07) is 8.46. The van der Waals surface area contributed by atoms with Crippen LogP contribution in [0.5, 0.6) is 0 Å². The molecule has 1 aromatic carbocycles. The van der Waals surface area contributed by atoms with E-state index in [2.05, 4.69) is 0 Å². The van der Waals surface area contributed by atoms with Crippen molar-refractivity contribution < 1.29 is 0 Å². The maximum absolute atomic E-state index is 11.7. The number of nitrogens with zero attached hydrogens (tertiary/aromatic N) is 2. The van der Waals surface area contributed by atoms with Crippen molar-refractivity contribution >= 4 is 10.9 Å². The van der Waals surface area contributed by atoms with E-state index in [0.29, 0.717) is 10.9 Å². The molecule has 0 aliphatic carbocycles. The molecule has 0 fully saturated rings. The molecule has 0 aliphatic heterocycles. The first-order valence-corrected chi connectivity index (χ1v) is 4.24. The van der Waals surface area contributed by atoms with Crippen LogP contribution in [0.1, 0.15) is 0 Å². The lowest BCUT2D eigenvalue weighted by molar-refractivity contribution is 0.828. The average Bonchev–Trinajstić information content (AvgIpc) is 2.70. The smallest absolute Gasteiger partial charge is 0.267 e. The van der Waals surface area contributed by atoms with Gasteiger partial charge < -0.3 is 0 Å². The lowest BCUT2D eigenvalue weighted by Crippen LogP contribution is -2.13. The van der Waals surface area contributed by atoms with Crippen molar-refractivity contribution in [3.8, 4) is 0 Å². The van der Waals surface area contributed by atoms with Crippen LogP contribution in [0.4, 0.5) is 0 Å². The minimum absolute atomic E-state index is 0.150. The van der Waals surface area contributed by atoms with Crippen molar-refractivity contribution in [1.29, 1.82) is 0 Å². The number of hydrogen-bond donors (Lipinski definition) is 0. The average molecular weight is 186 g/mol. The standard InChI is InChI=1S/C10H6N2O2/c13-9-5-6-11-10(14)7-3-1-2-4-8(7)12(9)11/h1-6H. The topological polar surface area (TPSA) is 43.0 Å². The summed E-state index contributed by atoms with van der Waals surface area (Å²) >= 11 is 0. The third-order valence-electron chi connectivity index (χ3n) is 2.35. The van der Waals surface area contributed by atoms with Crippen molar-refractivity contribution in [2.24, 2.45) is 0 Å². The molecule has 0 spiro atoms. The Balaban J connectivity index is 2.86. The highest BCUT2D eigenvalue weighted by atomic mass is 16.2. The Morgan fingerprint density at radius 1 is 1.00 bits per heavy atom. The first-order chi connectivity index (χ1) is 6.79. The molecule has 0 aliphatic rings. The van der Waals surface area contributed by atoms with Gasteiger partial charge in [0, 0.05) is 12.3 Å². The van der Waals surface area contributed by atoms with Crippen molar-refractivity contribution in [2.75, 3.05) is 0 Å². The first kappa shape index (κ1) is 7.32. The van der Waals surface area contributed by atoms with E-state index in [4.69, 9.17) is 0 Å². The maximum Gasteiger partial charge on any atom is 0.279 e. The Hall–Kier alpha value is -2.10. The SMILES string of the molecule is O=c1c2ccccc2n2c(=O)ccn12. The third kappa shape index (κ3) is 0.682. The van der Waals surface area contributed by atoms with Crippen LogP contribution in [0, 0.1) is 0 Å². The van der Waals surface area contributed by atoms with E-state index in [1.807, 2.05) is 0 Å². The van der Waals surface area contributed by atoms with Crippen molar-refractivity contribution in [1.82, 2.24) is 9.03 Å². The van der Waals surface area contributed by atoms with Gasteiger partial charge in [0.1, 0.15) is 0 Å². The number of hydrogen-bond acceptors (Lipinski definition) is 2. The quantitative estimate of drug-likeness (QED) is 0.508. The van der Waals surface area contributed by atoms with Gasteiger partial charge in [-0.3, -0.25) is 9.59 Å². The van der Waals surface area contributed by atoms with Crippen LogP contribution in [0.3, 0.4) is 0 Å². The molecule has 0 unspecified atom stereocenters. The lowest BCUT2D eigenvalue weighted by Gasteiger charge is -1.86. The van der Waals surface area contributed by atoms with Gasteiger partial charge in [-0.05, 0) is 12.1 Å². The number of para-hydroxylation sites is 1. The Morgan fingerprint density at radius 2 is 1.79 bits per heavy atom. The molecule has 68 valence electrons. The third-order valence-corrected chi connectivity index (χ3v) is 2.35. The van der Waals surface area contributed by atoms with Gasteiger partial charge in [-0.1, -0.05) is 12.1 Å². The molecule has 0 radical (unpaired) electrons. The van der Waals surface area contributed by atoms with E-state index in [1.165, 1.54) is 21.3 Å². The molecule has 4 nitrogen and oxygen atoms in total. The van der Waals surface area contributed by atoms with Gasteiger partial charge in [0.2, 0.25) is 0 Å². The normalized spacial score (nSPS) is 11.4. The Kier molecular flexibility index (Phi) is 1.16. The number of fused-ring (bicyclic) bond motifs is 3. The molecule has 0 saturated heterocycles. The van der Waals surface area contributed by atoms with Gasteiger partial charge in [-0.15, -0.1) is 0 Å². The van der Waals surface area contributed by atoms with Crippen LogP contribution in [-0.2, 0) is 0 Å². The molecule has 4 heteroatoms. The largest absolute Gasteiger partial charge is 0.279 e. The van der Waals surface area contributed by atoms with Crippen LogP contribution in [0.2, 0.25) is 0 Å². The molecule has 14 heavy (non-hydrogen) atoms. The summed E-state index contributed by atoms with van der Waals surface area (Å²) in [7, 11) is 0. The van der Waals surface area contributed by atoms with Gasteiger partial charge >= 0.3 is 0 Å². The van der Waals surface area contributed by atoms with Crippen LogP contribution in [0.25, 0.3) is 10.9 Å². The zero-order valence-electron chi connectivity index (χ0n) is 7.18. The molecule has 0 N–H and O–H groups in total. The maximum atomic E-state index is 11.7. The second-order valence-corrected chi connectivity index (χ2v) is 3.13. The molecular weight excluding hydrogens is 180 g/mol. The van der Waals surface area contributed by atoms with Crippen LogP contribution >= 0.6 is 0 Å². The first-order valence-electron chi connectivity index (χ1n) is 4.24. The Morgan fingerprint density at radius 3 is 2.64 bits per heavy atom. The number of benzene rings is 1. The molecule has 2 heterocycles. The van der Waals surface area contributed by atoms with Gasteiger partial charge in [0.25, 0.3) is 11.1 Å². The second kappa shape index (κ2) is 2.23. The van der Waals surface area contributed by atoms with Gasteiger partial charge in [-0.2, -0.15) is 0 Å². The van der Waals surface area contributed by atoms with Gasteiger partial charge in [-0.25, -0.2) is 9.03 Å². The van der Waals surface area contributed by atoms with Gasteiger partial charge in [0.15, 0.2) is 0 Å². The zero-order valence-corrected chi connectivity index (χ0v) is 7.18. The summed E-state index contributed by atoms with van der Waals surface area (Å²) < 4.78 is 2.70. The van der Waals surface area contributed by atoms with Crippen molar-refractivity contribution in [3.05, 3.63) is 57.2 Å². The highest BCUT2D eigenvalue weighted by Gasteiger charge is 2.09. The fourth-order valence-corrected chi connectivity index (χ4v) is 1.73. The van der Waals surface area contributed by atoms with E-state index in [1.54, 1.807) is 24.3 Å². The molecule has 0 amide bonds. The zero-order chi connectivity index (χ0) is 9.71. The molecule has 3 rings (SSSR count). The van der Waals surface area contributed by atoms with Crippen LogP contribution < -0.4 is 11.1 Å². The van der Waals surface area contributed by atoms with E-state index >= 15 is 0 Å². The number of aromatic nitrogens is 2. The molecule has 0 saturated carbocycles. The van der Waals surface area contributed by atoms with Crippen molar-refractivity contribution in [3.63, 3.8) is 0 Å². The monoisotopic (exact) mass is 186 g/mol. The minimum atomic E-state index is -0.177. The van der Waals surface area contributed by atoms with E-state index in [0.717, 1.165) is 0 Å². The summed E-state index contributed by atoms with van der Waals surface area (Å²) in [5.74, 6) is 0. The van der Waals surface area contributed by atoms with Crippen LogP contribution in [-0.4, -0.2) is 9.03 Å². The number of rotatable bonds is 0. The van der Waals surface area contributed by atoms with Crippen LogP contribution in [0.15, 0.2) is 46.1 Å². The van der Waals surface area contributed by atoms with E-state index in [9.17, 15) is 9.59 Å². The molecule has 0 atom stereocenters. The minimum Gasteiger partial charge on any atom is -0.267 e. The lowest BCUT2D eigenvalue weighted by atomic mass is 10.2. The summed E-state index contributed by atoms with van der Waals surface area (Å²) in [5, 5.41) is 0.574. The van der Waals surface area contributed by atoms with E-state index < -0.39 is 0 Å². The Labute approximate surface area is 78.0 Å². The predicted octanol–water partition coefficient (Wildman–Crippen LogP) is 0.350. The molecule has 0 bridgehead atoms. The molecule has 3 aromatic rings. The summed E-state index contributed by atoms with van der Waals surface area (Å²) in [5.41, 5.74) is 0.332. The summed E-state index contributed by atoms with van der Waals surface area (Å²) in [6.07, 6.45) is 1.49. The second-order valence-electron chi connectivity index (χ2n) is 3.13. The summed E-state index contributed by atoms with van der Waals surface area (Å²) in [4.78, 5) is 23.1. The highest BCUT2D eigenvalue weighted by Crippen LogP contribution is 2.07. The fourth-order valence-electron chi connectivity index (χ4n) is 1.73. The van der Waals surface area contributed by atoms with E-state index in [-0.39, 0.29) is 11.1 Å². The fraction of sp³-hybridized carbons (Fsp3) is 0. The van der Waals surface area contributed by atoms with Crippen molar-refractivity contribution in [2.45, 2.75) is 0 Å². The predicted molar refractivity (Wildman–Crippen MR) is 52.1 cm³/mol. The highest BCUT2D eigenvalue weighted by molar-refractivity contribution is 5.78. The Bertz CT molecular complexity index is 724. The van der Waals surface area contributed by atoms with Gasteiger partial charge in [0.05, 0.1) is 10.9 Å². The molecule has 2 aromatic heterocycles. The summed E-state index contributed by atoms with van der Waals surface area (Å²) in [6.45, 7) is 0.